The number of aliphatic hydroxyl groups is 1. The first-order valence-corrected chi connectivity index (χ1v) is 13.0. The topological polar surface area (TPSA) is 88.2 Å². The van der Waals surface area contributed by atoms with Gasteiger partial charge in [-0.25, -0.2) is 4.79 Å². The van der Waals surface area contributed by atoms with Crippen LogP contribution in [0.5, 0.6) is 0 Å². The molecule has 1 spiro atoms. The summed E-state index contributed by atoms with van der Waals surface area (Å²) in [6.45, 7) is 6.44. The molecule has 2 N–H and O–H groups in total. The fourth-order valence-corrected chi connectivity index (χ4v) is 6.74. The Kier molecular flexibility index (Phi) is 6.39. The number of ether oxygens (including phenoxy) is 2. The second kappa shape index (κ2) is 9.21. The SMILES string of the molecule is C[C@H]1C/C=C/[C@H]2[C@@H]3O[C@]3(C)[C@@H](C)[C@H]3[C@H](Cc4ccccc4)NC(=O)[C@@]32OC(=O)/C=C/[C@H](O)CCC1. The number of hydrogen-bond donors (Lipinski definition) is 2. The molecule has 3 aliphatic heterocycles. The summed E-state index contributed by atoms with van der Waals surface area (Å²) in [6, 6.07) is 9.91. The Balaban J connectivity index is 1.56. The number of aliphatic hydroxyl groups excluding tert-OH is 1. The molecular formula is C29H37NO5. The highest BCUT2D eigenvalue weighted by Crippen LogP contribution is 2.63. The fourth-order valence-electron chi connectivity index (χ4n) is 6.74. The van der Waals surface area contributed by atoms with Gasteiger partial charge in [-0.2, -0.15) is 0 Å². The molecule has 1 amide bonds. The Labute approximate surface area is 207 Å². The van der Waals surface area contributed by atoms with Crippen LogP contribution in [0.2, 0.25) is 0 Å². The molecule has 3 heterocycles. The van der Waals surface area contributed by atoms with Crippen LogP contribution < -0.4 is 5.32 Å². The molecule has 6 nitrogen and oxygen atoms in total. The molecule has 0 unspecified atom stereocenters. The monoisotopic (exact) mass is 479 g/mol. The van der Waals surface area contributed by atoms with Crippen molar-refractivity contribution in [3.63, 3.8) is 0 Å². The summed E-state index contributed by atoms with van der Waals surface area (Å²) in [7, 11) is 0. The summed E-state index contributed by atoms with van der Waals surface area (Å²) >= 11 is 0. The number of fused-ring (bicyclic) bond motifs is 2. The predicted molar refractivity (Wildman–Crippen MR) is 132 cm³/mol. The molecule has 9 atom stereocenters. The molecule has 188 valence electrons. The number of carbonyl (C=O) groups is 2. The second-order valence-electron chi connectivity index (χ2n) is 11.2. The number of nitrogens with one attached hydrogen (secondary N) is 1. The number of benzene rings is 1. The molecule has 6 heteroatoms. The summed E-state index contributed by atoms with van der Waals surface area (Å²) in [5.41, 5.74) is -0.586. The fraction of sp³-hybridized carbons (Fsp3) is 0.586. The first kappa shape index (κ1) is 24.3. The van der Waals surface area contributed by atoms with Crippen molar-refractivity contribution in [2.75, 3.05) is 0 Å². The number of allylic oxidation sites excluding steroid dienone is 1. The first-order chi connectivity index (χ1) is 16.8. The van der Waals surface area contributed by atoms with Crippen molar-refractivity contribution in [2.45, 2.75) is 82.3 Å². The molecule has 3 fully saturated rings. The summed E-state index contributed by atoms with van der Waals surface area (Å²) in [4.78, 5) is 26.9. The highest BCUT2D eigenvalue weighted by Gasteiger charge is 2.78. The standard InChI is InChI=1S/C29H37NO5/c1-18-9-7-13-21(31)15-16-24(32)34-29-22(14-8-10-18)26-28(3,35-26)19(2)25(29)23(30-27(29)33)17-20-11-5-4-6-12-20/h4-6,8,11-12,14-16,18-19,21-23,25-26,31H,7,9-10,13,17H2,1-3H3,(H,30,33)/b14-8+,16-15+/t18-,19+,21-,22+,23+,25+,26+,28-,29+/m1/s1. The number of epoxide rings is 1. The van der Waals surface area contributed by atoms with Gasteiger partial charge in [0.25, 0.3) is 5.91 Å². The van der Waals surface area contributed by atoms with Crippen LogP contribution in [0.4, 0.5) is 0 Å². The predicted octanol–water partition coefficient (Wildman–Crippen LogP) is 3.73. The number of hydrogen-bond acceptors (Lipinski definition) is 5. The van der Waals surface area contributed by atoms with E-state index in [4.69, 9.17) is 9.47 Å². The Bertz CT molecular complexity index is 1020. The third kappa shape index (κ3) is 4.25. The van der Waals surface area contributed by atoms with E-state index in [0.717, 1.165) is 24.8 Å². The normalized spacial score (nSPS) is 45.1. The van der Waals surface area contributed by atoms with E-state index in [-0.39, 0.29) is 41.4 Å². The molecule has 1 aromatic rings. The van der Waals surface area contributed by atoms with Crippen LogP contribution in [0.3, 0.4) is 0 Å². The molecule has 4 aliphatic rings. The Morgan fingerprint density at radius 1 is 1.11 bits per heavy atom. The minimum Gasteiger partial charge on any atom is -0.445 e. The maximum atomic E-state index is 13.8. The molecule has 2 saturated heterocycles. The van der Waals surface area contributed by atoms with E-state index in [1.807, 2.05) is 18.2 Å². The Morgan fingerprint density at radius 2 is 1.89 bits per heavy atom. The Morgan fingerprint density at radius 3 is 2.66 bits per heavy atom. The molecule has 35 heavy (non-hydrogen) atoms. The van der Waals surface area contributed by atoms with E-state index < -0.39 is 17.7 Å². The quantitative estimate of drug-likeness (QED) is 0.383. The lowest BCUT2D eigenvalue weighted by Crippen LogP contribution is -2.61. The third-order valence-corrected chi connectivity index (χ3v) is 8.85. The lowest BCUT2D eigenvalue weighted by molar-refractivity contribution is -0.177. The van der Waals surface area contributed by atoms with Gasteiger partial charge in [0.05, 0.1) is 23.7 Å². The van der Waals surface area contributed by atoms with Crippen LogP contribution >= 0.6 is 0 Å². The number of esters is 1. The van der Waals surface area contributed by atoms with Gasteiger partial charge >= 0.3 is 5.97 Å². The van der Waals surface area contributed by atoms with Crippen LogP contribution in [0.25, 0.3) is 0 Å². The van der Waals surface area contributed by atoms with Gasteiger partial charge < -0.3 is 19.9 Å². The van der Waals surface area contributed by atoms with Gasteiger partial charge in [0.1, 0.15) is 0 Å². The number of carbonyl (C=O) groups excluding carboxylic acids is 2. The summed E-state index contributed by atoms with van der Waals surface area (Å²) in [5, 5.41) is 13.5. The van der Waals surface area contributed by atoms with Crippen molar-refractivity contribution in [1.82, 2.24) is 5.32 Å². The summed E-state index contributed by atoms with van der Waals surface area (Å²) in [6.07, 6.45) is 10.1. The third-order valence-electron chi connectivity index (χ3n) is 8.85. The van der Waals surface area contributed by atoms with E-state index in [2.05, 4.69) is 50.4 Å². The lowest BCUT2D eigenvalue weighted by atomic mass is 9.59. The van der Waals surface area contributed by atoms with Crippen LogP contribution in [0.15, 0.2) is 54.6 Å². The molecule has 1 aliphatic carbocycles. The average molecular weight is 480 g/mol. The van der Waals surface area contributed by atoms with Crippen molar-refractivity contribution >= 4 is 11.9 Å². The zero-order valence-corrected chi connectivity index (χ0v) is 20.9. The van der Waals surface area contributed by atoms with Crippen molar-refractivity contribution in [3.05, 3.63) is 60.2 Å². The van der Waals surface area contributed by atoms with Gasteiger partial charge in [-0.05, 0) is 49.7 Å². The van der Waals surface area contributed by atoms with Crippen molar-refractivity contribution in [3.8, 4) is 0 Å². The van der Waals surface area contributed by atoms with Crippen LogP contribution in [-0.2, 0) is 25.5 Å². The molecule has 5 rings (SSSR count). The van der Waals surface area contributed by atoms with Crippen molar-refractivity contribution in [1.29, 1.82) is 0 Å². The van der Waals surface area contributed by atoms with E-state index in [1.165, 1.54) is 12.2 Å². The maximum absolute atomic E-state index is 13.8. The maximum Gasteiger partial charge on any atom is 0.331 e. The summed E-state index contributed by atoms with van der Waals surface area (Å²) < 4.78 is 12.5. The molecular weight excluding hydrogens is 442 g/mol. The van der Waals surface area contributed by atoms with Gasteiger partial charge in [-0.15, -0.1) is 0 Å². The van der Waals surface area contributed by atoms with Gasteiger partial charge in [0, 0.05) is 18.0 Å². The highest BCUT2D eigenvalue weighted by molar-refractivity contribution is 5.94. The van der Waals surface area contributed by atoms with Crippen LogP contribution in [-0.4, -0.2) is 46.4 Å². The van der Waals surface area contributed by atoms with Gasteiger partial charge in [0.15, 0.2) is 0 Å². The first-order valence-electron chi connectivity index (χ1n) is 13.0. The smallest absolute Gasteiger partial charge is 0.331 e. The van der Waals surface area contributed by atoms with E-state index in [9.17, 15) is 14.7 Å². The Hall–Kier alpha value is -2.44. The molecule has 0 radical (unpaired) electrons. The van der Waals surface area contributed by atoms with E-state index in [0.29, 0.717) is 18.8 Å². The number of rotatable bonds is 2. The molecule has 1 aromatic carbocycles. The largest absolute Gasteiger partial charge is 0.445 e. The van der Waals surface area contributed by atoms with Crippen LogP contribution in [0.1, 0.15) is 52.0 Å². The summed E-state index contributed by atoms with van der Waals surface area (Å²) in [5.74, 6) is -0.996. The van der Waals surface area contributed by atoms with Gasteiger partial charge in [0.2, 0.25) is 5.60 Å². The van der Waals surface area contributed by atoms with Crippen molar-refractivity contribution < 1.29 is 24.2 Å². The molecule has 0 aromatic heterocycles. The zero-order chi connectivity index (χ0) is 24.8. The van der Waals surface area contributed by atoms with Gasteiger partial charge in [-0.1, -0.05) is 69.2 Å². The second-order valence-corrected chi connectivity index (χ2v) is 11.2. The molecule has 0 bridgehead atoms. The number of amides is 1. The minimum atomic E-state index is -1.35. The average Bonchev–Trinajstić information content (AvgIpc) is 3.45. The lowest BCUT2D eigenvalue weighted by Gasteiger charge is -2.45. The van der Waals surface area contributed by atoms with E-state index >= 15 is 0 Å². The van der Waals surface area contributed by atoms with Crippen LogP contribution in [0, 0.1) is 23.7 Å². The highest BCUT2D eigenvalue weighted by atomic mass is 16.6. The zero-order valence-electron chi connectivity index (χ0n) is 20.9. The minimum absolute atomic E-state index is 0.00462. The van der Waals surface area contributed by atoms with Gasteiger partial charge in [-0.3, -0.25) is 4.79 Å². The van der Waals surface area contributed by atoms with Crippen molar-refractivity contribution in [2.24, 2.45) is 23.7 Å². The molecule has 1 saturated carbocycles. The van der Waals surface area contributed by atoms with E-state index in [1.54, 1.807) is 0 Å².